The van der Waals surface area contributed by atoms with Gasteiger partial charge in [0.15, 0.2) is 5.82 Å². The van der Waals surface area contributed by atoms with E-state index in [0.29, 0.717) is 25.3 Å². The second kappa shape index (κ2) is 9.32. The van der Waals surface area contributed by atoms with E-state index < -0.39 is 0 Å². The number of carbonyl (C=O) groups is 1. The molecule has 1 saturated heterocycles. The Morgan fingerprint density at radius 3 is 2.91 bits per heavy atom. The third-order valence-corrected chi connectivity index (χ3v) is 5.97. The summed E-state index contributed by atoms with van der Waals surface area (Å²) in [5, 5.41) is 7.54. The number of rotatable bonds is 4. The summed E-state index contributed by atoms with van der Waals surface area (Å²) in [6.45, 7) is 5.72. The highest BCUT2D eigenvalue weighted by Gasteiger charge is 2.19. The van der Waals surface area contributed by atoms with Crippen molar-refractivity contribution in [1.82, 2.24) is 24.8 Å². The quantitative estimate of drug-likeness (QED) is 0.497. The molecule has 2 aromatic heterocycles. The number of amides is 1. The van der Waals surface area contributed by atoms with Gasteiger partial charge in [-0.25, -0.2) is 4.98 Å². The molecular weight excluding hydrogens is 426 g/mol. The van der Waals surface area contributed by atoms with Crippen LogP contribution in [0.25, 0.3) is 33.5 Å². The molecule has 3 heterocycles. The van der Waals surface area contributed by atoms with E-state index in [1.54, 1.807) is 0 Å². The highest BCUT2D eigenvalue weighted by atomic mass is 35.5. The Bertz CT molecular complexity index is 1250. The molecule has 0 aliphatic carbocycles. The molecule has 1 fully saturated rings. The fraction of sp³-hybridized carbons (Fsp3) is 0.333. The zero-order chi connectivity index (χ0) is 21.4. The number of halogens is 1. The number of aryl methyl sites for hydroxylation is 2. The zero-order valence-electron chi connectivity index (χ0n) is 18.3. The number of fused-ring (bicyclic) bond motifs is 2. The summed E-state index contributed by atoms with van der Waals surface area (Å²) in [4.78, 5) is 17.7. The van der Waals surface area contributed by atoms with Gasteiger partial charge in [-0.2, -0.15) is 0 Å². The van der Waals surface area contributed by atoms with Gasteiger partial charge in [0, 0.05) is 43.1 Å². The summed E-state index contributed by atoms with van der Waals surface area (Å²) < 4.78 is 9.91. The minimum absolute atomic E-state index is 0. The van der Waals surface area contributed by atoms with Crippen molar-refractivity contribution in [2.45, 2.75) is 19.5 Å². The predicted molar refractivity (Wildman–Crippen MR) is 130 cm³/mol. The lowest BCUT2D eigenvalue weighted by Gasteiger charge is -2.15. The molecule has 0 bridgehead atoms. The van der Waals surface area contributed by atoms with Gasteiger partial charge in [0.2, 0.25) is 0 Å². The Balaban J connectivity index is 0.00000245. The molecule has 8 heteroatoms. The number of nitrogens with one attached hydrogen (secondary N) is 2. The fourth-order valence-corrected chi connectivity index (χ4v) is 4.37. The van der Waals surface area contributed by atoms with Crippen LogP contribution in [0, 0.1) is 0 Å². The Labute approximate surface area is 193 Å². The second-order valence-corrected chi connectivity index (χ2v) is 7.98. The number of para-hydroxylation sites is 1. The first-order valence-corrected chi connectivity index (χ1v) is 10.8. The van der Waals surface area contributed by atoms with Crippen molar-refractivity contribution in [2.24, 2.45) is 7.05 Å². The summed E-state index contributed by atoms with van der Waals surface area (Å²) in [6.07, 6.45) is 0. The first-order valence-electron chi connectivity index (χ1n) is 10.8. The van der Waals surface area contributed by atoms with Crippen LogP contribution in [-0.4, -0.2) is 52.4 Å². The van der Waals surface area contributed by atoms with Crippen molar-refractivity contribution in [2.75, 3.05) is 26.3 Å². The number of benzene rings is 2. The van der Waals surface area contributed by atoms with Gasteiger partial charge >= 0.3 is 0 Å². The lowest BCUT2D eigenvalue weighted by molar-refractivity contribution is 0.0884. The number of nitrogens with zero attached hydrogens (tertiary/aromatic N) is 3. The van der Waals surface area contributed by atoms with E-state index in [9.17, 15) is 4.79 Å². The molecule has 7 nitrogen and oxygen atoms in total. The van der Waals surface area contributed by atoms with E-state index in [0.717, 1.165) is 35.6 Å². The van der Waals surface area contributed by atoms with Crippen LogP contribution >= 0.6 is 12.4 Å². The number of imidazole rings is 1. The Hall–Kier alpha value is -2.87. The first-order chi connectivity index (χ1) is 15.2. The van der Waals surface area contributed by atoms with Crippen LogP contribution in [0.5, 0.6) is 0 Å². The van der Waals surface area contributed by atoms with Gasteiger partial charge in [0.05, 0.1) is 36.0 Å². The van der Waals surface area contributed by atoms with Crippen LogP contribution in [0.15, 0.2) is 48.5 Å². The van der Waals surface area contributed by atoms with Crippen molar-refractivity contribution in [1.29, 1.82) is 0 Å². The van der Waals surface area contributed by atoms with Gasteiger partial charge in [0.1, 0.15) is 0 Å². The molecule has 2 N–H and O–H groups in total. The standard InChI is InChI=1S/C24H27N5O2.ClH/c1-3-29-20-7-5-4-6-16(20)13-22(29)23-27-19-12-17(8-9-21(19)28(23)2)24(30)26-18-14-25-10-11-31-15-18;/h4-9,12-13,18,25H,3,10-11,14-15H2,1-2H3,(H,26,30);1H. The minimum Gasteiger partial charge on any atom is -0.378 e. The van der Waals surface area contributed by atoms with Gasteiger partial charge < -0.3 is 24.5 Å². The van der Waals surface area contributed by atoms with Gasteiger partial charge in [0.25, 0.3) is 5.91 Å². The normalized spacial score (nSPS) is 16.6. The highest BCUT2D eigenvalue weighted by molar-refractivity contribution is 5.98. The number of ether oxygens (including phenoxy) is 1. The highest BCUT2D eigenvalue weighted by Crippen LogP contribution is 2.30. The van der Waals surface area contributed by atoms with Crippen molar-refractivity contribution >= 4 is 40.3 Å². The van der Waals surface area contributed by atoms with E-state index in [-0.39, 0.29) is 24.4 Å². The van der Waals surface area contributed by atoms with E-state index in [4.69, 9.17) is 9.72 Å². The van der Waals surface area contributed by atoms with Crippen LogP contribution in [0.3, 0.4) is 0 Å². The summed E-state index contributed by atoms with van der Waals surface area (Å²) >= 11 is 0. The molecule has 2 aromatic carbocycles. The number of hydrogen-bond acceptors (Lipinski definition) is 4. The van der Waals surface area contributed by atoms with E-state index in [2.05, 4.69) is 57.0 Å². The van der Waals surface area contributed by atoms with Gasteiger partial charge in [-0.3, -0.25) is 4.79 Å². The lowest BCUT2D eigenvalue weighted by atomic mass is 10.1. The number of carbonyl (C=O) groups excluding carboxylic acids is 1. The maximum Gasteiger partial charge on any atom is 0.251 e. The summed E-state index contributed by atoms with van der Waals surface area (Å²) in [5.74, 6) is 0.793. The Kier molecular flexibility index (Phi) is 6.50. The fourth-order valence-electron chi connectivity index (χ4n) is 4.37. The monoisotopic (exact) mass is 453 g/mol. The van der Waals surface area contributed by atoms with Crippen LogP contribution in [0.1, 0.15) is 17.3 Å². The second-order valence-electron chi connectivity index (χ2n) is 7.98. The van der Waals surface area contributed by atoms with E-state index in [1.165, 1.54) is 10.9 Å². The largest absolute Gasteiger partial charge is 0.378 e. The summed E-state index contributed by atoms with van der Waals surface area (Å²) in [7, 11) is 2.02. The summed E-state index contributed by atoms with van der Waals surface area (Å²) in [5.41, 5.74) is 4.70. The molecule has 168 valence electrons. The van der Waals surface area contributed by atoms with Crippen molar-refractivity contribution in [3.8, 4) is 11.5 Å². The molecule has 5 rings (SSSR count). The van der Waals surface area contributed by atoms with Crippen molar-refractivity contribution in [3.63, 3.8) is 0 Å². The predicted octanol–water partition coefficient (Wildman–Crippen LogP) is 3.35. The third-order valence-electron chi connectivity index (χ3n) is 5.97. The van der Waals surface area contributed by atoms with Gasteiger partial charge in [-0.15, -0.1) is 12.4 Å². The van der Waals surface area contributed by atoms with Gasteiger partial charge in [-0.05, 0) is 37.3 Å². The van der Waals surface area contributed by atoms with Gasteiger partial charge in [-0.1, -0.05) is 18.2 Å². The Morgan fingerprint density at radius 1 is 1.22 bits per heavy atom. The number of hydrogen-bond donors (Lipinski definition) is 2. The third kappa shape index (κ3) is 3.99. The molecule has 1 amide bonds. The van der Waals surface area contributed by atoms with Crippen LogP contribution in [0.2, 0.25) is 0 Å². The topological polar surface area (TPSA) is 73.1 Å². The lowest BCUT2D eigenvalue weighted by Crippen LogP contribution is -2.43. The maximum atomic E-state index is 12.8. The average molecular weight is 454 g/mol. The molecule has 1 unspecified atom stereocenters. The molecule has 4 aromatic rings. The molecule has 0 spiro atoms. The van der Waals surface area contributed by atoms with Crippen LogP contribution in [-0.2, 0) is 18.3 Å². The molecule has 1 aliphatic heterocycles. The van der Waals surface area contributed by atoms with Crippen LogP contribution < -0.4 is 10.6 Å². The molecule has 1 atom stereocenters. The van der Waals surface area contributed by atoms with Crippen molar-refractivity contribution in [3.05, 3.63) is 54.1 Å². The molecule has 0 saturated carbocycles. The summed E-state index contributed by atoms with van der Waals surface area (Å²) in [6, 6.07) is 16.2. The van der Waals surface area contributed by atoms with Crippen molar-refractivity contribution < 1.29 is 9.53 Å². The molecule has 32 heavy (non-hydrogen) atoms. The Morgan fingerprint density at radius 2 is 2.06 bits per heavy atom. The molecule has 0 radical (unpaired) electrons. The number of aromatic nitrogens is 3. The zero-order valence-corrected chi connectivity index (χ0v) is 19.1. The minimum atomic E-state index is -0.103. The van der Waals surface area contributed by atoms with E-state index in [1.807, 2.05) is 25.2 Å². The SMILES string of the molecule is CCn1c(-c2nc3cc(C(=O)NC4CNCCOC4)ccc3n2C)cc2ccccc21.Cl. The first kappa shape index (κ1) is 22.3. The van der Waals surface area contributed by atoms with E-state index >= 15 is 0 Å². The molecule has 1 aliphatic rings. The average Bonchev–Trinajstić information content (AvgIpc) is 3.20. The smallest absolute Gasteiger partial charge is 0.251 e. The van der Waals surface area contributed by atoms with Crippen LogP contribution in [0.4, 0.5) is 0 Å². The maximum absolute atomic E-state index is 12.8. The molecular formula is C24H28ClN5O2.